The summed E-state index contributed by atoms with van der Waals surface area (Å²) >= 11 is 0. The summed E-state index contributed by atoms with van der Waals surface area (Å²) in [4.78, 5) is 47.2. The third-order valence-corrected chi connectivity index (χ3v) is 5.63. The lowest BCUT2D eigenvalue weighted by atomic mass is 10.00. The monoisotopic (exact) mass is 495 g/mol. The van der Waals surface area contributed by atoms with Crippen molar-refractivity contribution in [1.29, 1.82) is 0 Å². The Morgan fingerprint density at radius 2 is 1.81 bits per heavy atom. The van der Waals surface area contributed by atoms with E-state index in [1.165, 1.54) is 0 Å². The number of fused-ring (bicyclic) bond motifs is 1. The van der Waals surface area contributed by atoms with E-state index in [-0.39, 0.29) is 30.2 Å². The number of hydrogen-bond donors (Lipinski definition) is 6. The maximum atomic E-state index is 12.4. The van der Waals surface area contributed by atoms with E-state index in [0.717, 1.165) is 36.1 Å². The smallest absolute Gasteiger partial charge is 0.326 e. The van der Waals surface area contributed by atoms with E-state index in [2.05, 4.69) is 32.5 Å². The van der Waals surface area contributed by atoms with Gasteiger partial charge in [-0.2, -0.15) is 9.97 Å². The molecular weight excluding hydrogens is 466 g/mol. The number of carboxylic acids is 2. The molecule has 0 fully saturated rings. The fraction of sp³-hybridized carbons (Fsp3) is 0.333. The molecule has 2 heterocycles. The predicted molar refractivity (Wildman–Crippen MR) is 134 cm³/mol. The molecule has 190 valence electrons. The molecule has 0 bridgehead atoms. The van der Waals surface area contributed by atoms with Gasteiger partial charge >= 0.3 is 11.9 Å². The number of aromatic nitrogens is 3. The number of aliphatic carboxylic acids is 2. The molecule has 0 radical (unpaired) electrons. The van der Waals surface area contributed by atoms with Crippen LogP contribution in [-0.2, 0) is 22.6 Å². The summed E-state index contributed by atoms with van der Waals surface area (Å²) in [6, 6.07) is 5.21. The Bertz CT molecular complexity index is 1260. The highest BCUT2D eigenvalue weighted by molar-refractivity contribution is 5.97. The van der Waals surface area contributed by atoms with Crippen LogP contribution >= 0.6 is 0 Å². The van der Waals surface area contributed by atoms with Gasteiger partial charge < -0.3 is 32.3 Å². The number of nitrogens with zero attached hydrogens (tertiary/aromatic N) is 3. The van der Waals surface area contributed by atoms with Crippen LogP contribution in [0.1, 0.15) is 54.1 Å². The molecule has 3 rings (SSSR count). The van der Waals surface area contributed by atoms with Crippen LogP contribution in [0, 0.1) is 0 Å². The van der Waals surface area contributed by atoms with E-state index in [9.17, 15) is 19.5 Å². The van der Waals surface area contributed by atoms with Crippen LogP contribution in [0.2, 0.25) is 0 Å². The van der Waals surface area contributed by atoms with Crippen molar-refractivity contribution < 1.29 is 24.6 Å². The van der Waals surface area contributed by atoms with E-state index in [1.54, 1.807) is 30.5 Å². The van der Waals surface area contributed by atoms with Gasteiger partial charge in [0.15, 0.2) is 5.65 Å². The first-order valence-electron chi connectivity index (χ1n) is 11.5. The second-order valence-electron chi connectivity index (χ2n) is 8.26. The summed E-state index contributed by atoms with van der Waals surface area (Å²) < 4.78 is 0. The fourth-order valence-corrected chi connectivity index (χ4v) is 3.74. The Morgan fingerprint density at radius 3 is 2.44 bits per heavy atom. The zero-order valence-corrected chi connectivity index (χ0v) is 19.8. The molecule has 0 aliphatic heterocycles. The molecule has 1 aromatic carbocycles. The molecule has 12 nitrogen and oxygen atoms in total. The summed E-state index contributed by atoms with van der Waals surface area (Å²) in [7, 11) is 0. The minimum atomic E-state index is -1.29. The number of benzene rings is 1. The Labute approximate surface area is 207 Å². The topological polar surface area (TPSA) is 206 Å². The first-order chi connectivity index (χ1) is 17.2. The zero-order chi connectivity index (χ0) is 26.2. The first kappa shape index (κ1) is 26.1. The van der Waals surface area contributed by atoms with Crippen LogP contribution in [0.4, 0.5) is 17.5 Å². The zero-order valence-electron chi connectivity index (χ0n) is 19.8. The van der Waals surface area contributed by atoms with Crippen LogP contribution < -0.4 is 22.1 Å². The van der Waals surface area contributed by atoms with Gasteiger partial charge in [-0.1, -0.05) is 13.3 Å². The number of carboxylic acid groups (broad SMARTS) is 2. The van der Waals surface area contributed by atoms with Crippen LogP contribution in [0.5, 0.6) is 0 Å². The first-order valence-corrected chi connectivity index (χ1v) is 11.5. The Balaban J connectivity index is 1.72. The molecule has 0 saturated carbocycles. The minimum Gasteiger partial charge on any atom is -0.481 e. The number of pyridine rings is 1. The van der Waals surface area contributed by atoms with E-state index in [4.69, 9.17) is 16.6 Å². The minimum absolute atomic E-state index is 0.0699. The SMILES string of the molecule is CCCCc1c(CNc2ccc(C(=O)N[C@@H](CCC(=O)O)C(=O)O)cc2)cnc2nc(N)nc(N)c12. The molecule has 0 spiro atoms. The molecule has 3 aromatic rings. The number of rotatable bonds is 12. The maximum absolute atomic E-state index is 12.4. The van der Waals surface area contributed by atoms with Crippen molar-refractivity contribution in [3.8, 4) is 0 Å². The lowest BCUT2D eigenvalue weighted by molar-refractivity contribution is -0.140. The molecular formula is C24H29N7O5. The molecule has 36 heavy (non-hydrogen) atoms. The average Bonchev–Trinajstić information content (AvgIpc) is 2.83. The van der Waals surface area contributed by atoms with Gasteiger partial charge in [-0.05, 0) is 54.7 Å². The Morgan fingerprint density at radius 1 is 1.08 bits per heavy atom. The van der Waals surface area contributed by atoms with Crippen molar-refractivity contribution in [3.05, 3.63) is 47.2 Å². The molecule has 8 N–H and O–H groups in total. The van der Waals surface area contributed by atoms with E-state index in [0.29, 0.717) is 17.6 Å². The van der Waals surface area contributed by atoms with Crippen LogP contribution in [0.25, 0.3) is 11.0 Å². The van der Waals surface area contributed by atoms with Gasteiger partial charge in [-0.15, -0.1) is 0 Å². The van der Waals surface area contributed by atoms with Gasteiger partial charge in [0.05, 0.1) is 5.39 Å². The second-order valence-corrected chi connectivity index (χ2v) is 8.26. The Kier molecular flexibility index (Phi) is 8.55. The highest BCUT2D eigenvalue weighted by atomic mass is 16.4. The lowest BCUT2D eigenvalue weighted by Crippen LogP contribution is -2.41. The van der Waals surface area contributed by atoms with Gasteiger partial charge in [0.2, 0.25) is 5.95 Å². The van der Waals surface area contributed by atoms with Crippen molar-refractivity contribution in [3.63, 3.8) is 0 Å². The number of nitrogens with two attached hydrogens (primary N) is 2. The lowest BCUT2D eigenvalue weighted by Gasteiger charge is -2.15. The van der Waals surface area contributed by atoms with E-state index >= 15 is 0 Å². The number of carbonyl (C=O) groups excluding carboxylic acids is 1. The molecule has 1 atom stereocenters. The summed E-state index contributed by atoms with van der Waals surface area (Å²) in [5.74, 6) is -2.67. The van der Waals surface area contributed by atoms with Crippen molar-refractivity contribution in [2.75, 3.05) is 16.8 Å². The number of nitrogens with one attached hydrogen (secondary N) is 2. The predicted octanol–water partition coefficient (Wildman–Crippen LogP) is 2.19. The number of anilines is 3. The van der Waals surface area contributed by atoms with Gasteiger partial charge in [0.1, 0.15) is 11.9 Å². The molecule has 12 heteroatoms. The molecule has 2 aromatic heterocycles. The highest BCUT2D eigenvalue weighted by Crippen LogP contribution is 2.27. The largest absolute Gasteiger partial charge is 0.481 e. The van der Waals surface area contributed by atoms with Crippen LogP contribution in [-0.4, -0.2) is 49.1 Å². The molecule has 0 aliphatic rings. The summed E-state index contributed by atoms with van der Waals surface area (Å²) in [6.45, 7) is 2.54. The number of unbranched alkanes of at least 4 members (excludes halogenated alkanes) is 1. The van der Waals surface area contributed by atoms with Crippen molar-refractivity contribution in [2.45, 2.75) is 51.6 Å². The summed E-state index contributed by atoms with van der Waals surface area (Å²) in [5.41, 5.74) is 15.2. The highest BCUT2D eigenvalue weighted by Gasteiger charge is 2.21. The third-order valence-electron chi connectivity index (χ3n) is 5.63. The number of hydrogen-bond acceptors (Lipinski definition) is 9. The van der Waals surface area contributed by atoms with Crippen molar-refractivity contribution >= 4 is 46.3 Å². The molecule has 1 amide bonds. The third kappa shape index (κ3) is 6.56. The fourth-order valence-electron chi connectivity index (χ4n) is 3.74. The summed E-state index contributed by atoms with van der Waals surface area (Å²) in [5, 5.41) is 24.3. The number of aryl methyl sites for hydroxylation is 1. The number of carbonyl (C=O) groups is 3. The molecule has 0 unspecified atom stereocenters. The molecule has 0 aliphatic carbocycles. The number of amides is 1. The Hall–Kier alpha value is -4.48. The molecule has 0 saturated heterocycles. The van der Waals surface area contributed by atoms with Crippen LogP contribution in [0.3, 0.4) is 0 Å². The van der Waals surface area contributed by atoms with Gasteiger partial charge in [-0.3, -0.25) is 9.59 Å². The van der Waals surface area contributed by atoms with Crippen LogP contribution in [0.15, 0.2) is 30.5 Å². The normalized spacial score (nSPS) is 11.7. The quantitative estimate of drug-likeness (QED) is 0.215. The number of nitrogen functional groups attached to an aromatic ring is 2. The van der Waals surface area contributed by atoms with Crippen molar-refractivity contribution in [2.24, 2.45) is 0 Å². The maximum Gasteiger partial charge on any atom is 0.326 e. The van der Waals surface area contributed by atoms with E-state index in [1.807, 2.05) is 0 Å². The van der Waals surface area contributed by atoms with Crippen molar-refractivity contribution in [1.82, 2.24) is 20.3 Å². The average molecular weight is 496 g/mol. The van der Waals surface area contributed by atoms with E-state index < -0.39 is 23.9 Å². The standard InChI is InChI=1S/C24H29N7O5/c1-2-3-4-16-14(12-28-21-19(16)20(25)30-24(26)31-21)11-27-15-7-5-13(6-8-15)22(34)29-17(23(35)36)9-10-18(32)33/h5-8,12,17,27H,2-4,9-11H2,1H3,(H,29,34)(H,32,33)(H,35,36)(H4,25,26,28,30,31)/t17-/m0/s1. The second kappa shape index (κ2) is 11.8. The van der Waals surface area contributed by atoms with Gasteiger partial charge in [0.25, 0.3) is 5.91 Å². The van der Waals surface area contributed by atoms with Gasteiger partial charge in [0, 0.05) is 30.4 Å². The summed E-state index contributed by atoms with van der Waals surface area (Å²) in [6.07, 6.45) is 3.87. The van der Waals surface area contributed by atoms with Gasteiger partial charge in [-0.25, -0.2) is 9.78 Å².